The minimum absolute atomic E-state index is 0.0230. The molecule has 1 fully saturated rings. The van der Waals surface area contributed by atoms with Crippen LogP contribution in [0.3, 0.4) is 0 Å². The van der Waals surface area contributed by atoms with E-state index in [9.17, 15) is 9.90 Å². The number of benzene rings is 1. The van der Waals surface area contributed by atoms with Crippen LogP contribution in [0.5, 0.6) is 11.6 Å². The summed E-state index contributed by atoms with van der Waals surface area (Å²) in [4.78, 5) is 16.3. The van der Waals surface area contributed by atoms with Gasteiger partial charge in [-0.15, -0.1) is 5.10 Å². The molecule has 3 aromatic rings. The highest BCUT2D eigenvalue weighted by Gasteiger charge is 2.25. The Kier molecular flexibility index (Phi) is 4.87. The fraction of sp³-hybridized carbons (Fsp3) is 0.350. The fourth-order valence-electron chi connectivity index (χ4n) is 3.33. The number of pyridine rings is 1. The first-order chi connectivity index (χ1) is 13.5. The molecule has 8 nitrogen and oxygen atoms in total. The summed E-state index contributed by atoms with van der Waals surface area (Å²) in [5, 5.41) is 17.9. The molecule has 146 valence electrons. The number of nitrogens with zero attached hydrogens (tertiary/aromatic N) is 3. The van der Waals surface area contributed by atoms with E-state index < -0.39 is 5.91 Å². The molecule has 0 saturated carbocycles. The Labute approximate surface area is 162 Å². The zero-order valence-electron chi connectivity index (χ0n) is 15.8. The van der Waals surface area contributed by atoms with Crippen molar-refractivity contribution >= 4 is 22.5 Å². The van der Waals surface area contributed by atoms with Gasteiger partial charge >= 0.3 is 0 Å². The Hall–Kier alpha value is -3.13. The Morgan fingerprint density at radius 3 is 3.04 bits per heavy atom. The van der Waals surface area contributed by atoms with E-state index in [1.807, 2.05) is 19.2 Å². The van der Waals surface area contributed by atoms with E-state index in [4.69, 9.17) is 9.47 Å². The number of amides is 1. The van der Waals surface area contributed by atoms with Crippen LogP contribution in [0, 0.1) is 5.92 Å². The summed E-state index contributed by atoms with van der Waals surface area (Å²) in [6.45, 7) is 3.48. The van der Waals surface area contributed by atoms with Crippen molar-refractivity contribution in [3.05, 3.63) is 42.2 Å². The molecule has 2 N–H and O–H groups in total. The van der Waals surface area contributed by atoms with E-state index in [0.717, 1.165) is 17.3 Å². The van der Waals surface area contributed by atoms with Crippen molar-refractivity contribution in [3.63, 3.8) is 0 Å². The number of aromatic hydroxyl groups is 1. The number of hydrogen-bond donors (Lipinski definition) is 2. The molecule has 0 bridgehead atoms. The fourth-order valence-corrected chi connectivity index (χ4v) is 3.33. The Bertz CT molecular complexity index is 1020. The molecular weight excluding hydrogens is 360 g/mol. The maximum absolute atomic E-state index is 12.4. The van der Waals surface area contributed by atoms with Gasteiger partial charge in [0.05, 0.1) is 24.1 Å². The molecule has 0 radical (unpaired) electrons. The highest BCUT2D eigenvalue weighted by atomic mass is 16.5. The van der Waals surface area contributed by atoms with Crippen LogP contribution in [-0.4, -0.2) is 45.1 Å². The van der Waals surface area contributed by atoms with Gasteiger partial charge < -0.3 is 19.9 Å². The molecule has 28 heavy (non-hydrogen) atoms. The lowest BCUT2D eigenvalue weighted by Gasteiger charge is -2.28. The number of ether oxygens (including phenoxy) is 2. The molecule has 2 aromatic heterocycles. The van der Waals surface area contributed by atoms with Crippen LogP contribution in [0.2, 0.25) is 0 Å². The van der Waals surface area contributed by atoms with Gasteiger partial charge in [0.25, 0.3) is 5.91 Å². The summed E-state index contributed by atoms with van der Waals surface area (Å²) < 4.78 is 13.4. The molecule has 1 amide bonds. The van der Waals surface area contributed by atoms with Crippen LogP contribution in [0.15, 0.2) is 36.5 Å². The van der Waals surface area contributed by atoms with Gasteiger partial charge in [0.2, 0.25) is 5.88 Å². The van der Waals surface area contributed by atoms with Crippen LogP contribution in [0.25, 0.3) is 10.9 Å². The van der Waals surface area contributed by atoms with E-state index in [0.29, 0.717) is 30.7 Å². The number of fused-ring (bicyclic) bond motifs is 1. The molecule has 1 aromatic carbocycles. The lowest BCUT2D eigenvalue weighted by atomic mass is 10.0. The van der Waals surface area contributed by atoms with Crippen LogP contribution in [-0.2, 0) is 11.8 Å². The summed E-state index contributed by atoms with van der Waals surface area (Å²) in [6, 6.07) is 8.46. The van der Waals surface area contributed by atoms with Crippen molar-refractivity contribution in [1.29, 1.82) is 0 Å². The summed E-state index contributed by atoms with van der Waals surface area (Å²) in [5.74, 6) is 0.238. The van der Waals surface area contributed by atoms with Crippen LogP contribution < -0.4 is 10.1 Å². The predicted octanol–water partition coefficient (Wildman–Crippen LogP) is 2.73. The van der Waals surface area contributed by atoms with Crippen molar-refractivity contribution in [2.24, 2.45) is 13.0 Å². The largest absolute Gasteiger partial charge is 0.505 e. The topological polar surface area (TPSA) is 98.5 Å². The summed E-state index contributed by atoms with van der Waals surface area (Å²) in [6.07, 6.45) is 2.36. The number of aromatic nitrogens is 3. The molecule has 2 atom stereocenters. The van der Waals surface area contributed by atoms with Gasteiger partial charge in [-0.25, -0.2) is 4.98 Å². The molecule has 2 unspecified atom stereocenters. The Morgan fingerprint density at radius 1 is 1.39 bits per heavy atom. The van der Waals surface area contributed by atoms with Crippen LogP contribution in [0.1, 0.15) is 23.8 Å². The molecule has 4 rings (SSSR count). The van der Waals surface area contributed by atoms with E-state index in [2.05, 4.69) is 22.3 Å². The van der Waals surface area contributed by atoms with Gasteiger partial charge in [-0.3, -0.25) is 9.48 Å². The summed E-state index contributed by atoms with van der Waals surface area (Å²) >= 11 is 0. The molecule has 1 aliphatic heterocycles. The lowest BCUT2D eigenvalue weighted by Crippen LogP contribution is -2.34. The maximum atomic E-state index is 12.4. The van der Waals surface area contributed by atoms with Crippen molar-refractivity contribution < 1.29 is 19.4 Å². The van der Waals surface area contributed by atoms with Gasteiger partial charge in [0.1, 0.15) is 11.9 Å². The highest BCUT2D eigenvalue weighted by molar-refractivity contribution is 6.05. The van der Waals surface area contributed by atoms with Crippen molar-refractivity contribution in [2.45, 2.75) is 19.4 Å². The third kappa shape index (κ3) is 3.50. The number of nitrogens with one attached hydrogen (secondary N) is 1. The van der Waals surface area contributed by atoms with E-state index in [-0.39, 0.29) is 17.5 Å². The minimum Gasteiger partial charge on any atom is -0.505 e. The first-order valence-electron chi connectivity index (χ1n) is 9.19. The van der Waals surface area contributed by atoms with Crippen LogP contribution in [0.4, 0.5) is 5.69 Å². The van der Waals surface area contributed by atoms with Gasteiger partial charge in [-0.2, -0.15) is 0 Å². The van der Waals surface area contributed by atoms with Crippen molar-refractivity contribution in [2.75, 3.05) is 18.5 Å². The third-order valence-corrected chi connectivity index (χ3v) is 4.90. The van der Waals surface area contributed by atoms with E-state index in [1.165, 1.54) is 12.3 Å². The molecular formula is C20H22N4O4. The standard InChI is InChI=1S/C20H22N4O4/c1-12-11-27-9-7-17(12)28-20-14-6-5-13(10-15(14)24(2)23-20)22-19(26)18-16(25)4-3-8-21-18/h3-6,8,10,12,17,25H,7,9,11H2,1-2H3,(H,22,26). The highest BCUT2D eigenvalue weighted by Crippen LogP contribution is 2.30. The van der Waals surface area contributed by atoms with Gasteiger partial charge in [0, 0.05) is 31.3 Å². The second-order valence-corrected chi connectivity index (χ2v) is 6.98. The SMILES string of the molecule is CC1COCCC1Oc1nn(C)c2cc(NC(=O)c3ncccc3O)ccc12. The number of anilines is 1. The lowest BCUT2D eigenvalue weighted by molar-refractivity contribution is -0.0177. The van der Waals surface area contributed by atoms with Crippen LogP contribution >= 0.6 is 0 Å². The normalized spacial score (nSPS) is 19.5. The Morgan fingerprint density at radius 2 is 2.25 bits per heavy atom. The number of aryl methyl sites for hydroxylation is 1. The maximum Gasteiger partial charge on any atom is 0.278 e. The smallest absolute Gasteiger partial charge is 0.278 e. The van der Waals surface area contributed by atoms with Crippen molar-refractivity contribution in [3.8, 4) is 11.6 Å². The summed E-state index contributed by atoms with van der Waals surface area (Å²) in [7, 11) is 1.83. The molecule has 0 spiro atoms. The second-order valence-electron chi connectivity index (χ2n) is 6.98. The second kappa shape index (κ2) is 7.47. The zero-order valence-corrected chi connectivity index (χ0v) is 15.8. The van der Waals surface area contributed by atoms with Gasteiger partial charge in [-0.05, 0) is 30.3 Å². The Balaban J connectivity index is 1.57. The molecule has 3 heterocycles. The molecule has 1 saturated heterocycles. The van der Waals surface area contributed by atoms with Crippen molar-refractivity contribution in [1.82, 2.24) is 14.8 Å². The zero-order chi connectivity index (χ0) is 19.7. The van der Waals surface area contributed by atoms with Gasteiger partial charge in [-0.1, -0.05) is 6.92 Å². The van der Waals surface area contributed by atoms with E-state index in [1.54, 1.807) is 16.8 Å². The monoisotopic (exact) mass is 382 g/mol. The average Bonchev–Trinajstić information content (AvgIpc) is 2.99. The number of carbonyl (C=O) groups is 1. The minimum atomic E-state index is -0.480. The first-order valence-corrected chi connectivity index (χ1v) is 9.19. The van der Waals surface area contributed by atoms with Gasteiger partial charge in [0.15, 0.2) is 5.69 Å². The predicted molar refractivity (Wildman–Crippen MR) is 104 cm³/mol. The number of hydrogen-bond acceptors (Lipinski definition) is 6. The average molecular weight is 382 g/mol. The quantitative estimate of drug-likeness (QED) is 0.720. The van der Waals surface area contributed by atoms with E-state index >= 15 is 0 Å². The molecule has 8 heteroatoms. The third-order valence-electron chi connectivity index (χ3n) is 4.90. The molecule has 1 aliphatic rings. The number of carbonyl (C=O) groups excluding carboxylic acids is 1. The molecule has 0 aliphatic carbocycles. The summed E-state index contributed by atoms with van der Waals surface area (Å²) in [5.41, 5.74) is 1.39. The first kappa shape index (κ1) is 18.2. The number of rotatable bonds is 4.